The predicted molar refractivity (Wildman–Crippen MR) is 56.4 cm³/mol. The lowest BCUT2D eigenvalue weighted by Gasteiger charge is -1.98. The Balaban J connectivity index is 2.74. The van der Waals surface area contributed by atoms with E-state index < -0.39 is 9.84 Å². The van der Waals surface area contributed by atoms with Crippen LogP contribution in [0.15, 0.2) is 14.7 Å². The summed E-state index contributed by atoms with van der Waals surface area (Å²) in [4.78, 5) is 11.8. The number of thiophene rings is 1. The third-order valence-corrected chi connectivity index (χ3v) is 5.96. The number of rotatable bonds is 0. The second-order valence-corrected chi connectivity index (χ2v) is 6.60. The summed E-state index contributed by atoms with van der Waals surface area (Å²) in [6.07, 6.45) is 0. The van der Waals surface area contributed by atoms with E-state index in [0.29, 0.717) is 4.47 Å². The molecule has 1 amide bonds. The lowest BCUT2D eigenvalue weighted by atomic mass is 10.4. The quantitative estimate of drug-likeness (QED) is 0.777. The smallest absolute Gasteiger partial charge is 0.262 e. The Labute approximate surface area is 93.4 Å². The topological polar surface area (TPSA) is 63.2 Å². The summed E-state index contributed by atoms with van der Waals surface area (Å²) in [5.74, 6) is -0.349. The molecular weight excluding hydrogens is 290 g/mol. The molecule has 76 valence electrons. The first-order valence-electron chi connectivity index (χ1n) is 3.80. The SMILES string of the molecule is O=C1NCCS(=O)(=O)c2c(Br)csc21. The van der Waals surface area contributed by atoms with Crippen LogP contribution in [-0.2, 0) is 9.84 Å². The van der Waals surface area contributed by atoms with Crippen molar-refractivity contribution in [2.75, 3.05) is 12.3 Å². The van der Waals surface area contributed by atoms with Gasteiger partial charge < -0.3 is 5.32 Å². The zero-order valence-electron chi connectivity index (χ0n) is 6.91. The van der Waals surface area contributed by atoms with E-state index in [1.165, 1.54) is 0 Å². The molecule has 7 heteroatoms. The second kappa shape index (κ2) is 3.32. The minimum Gasteiger partial charge on any atom is -0.350 e. The molecule has 0 unspecified atom stereocenters. The maximum atomic E-state index is 11.7. The fourth-order valence-electron chi connectivity index (χ4n) is 1.25. The molecule has 0 spiro atoms. The molecule has 0 saturated heterocycles. The van der Waals surface area contributed by atoms with E-state index in [4.69, 9.17) is 0 Å². The Morgan fingerprint density at radius 1 is 1.50 bits per heavy atom. The van der Waals surface area contributed by atoms with Gasteiger partial charge in [0.25, 0.3) is 5.91 Å². The van der Waals surface area contributed by atoms with Gasteiger partial charge in [0, 0.05) is 16.4 Å². The van der Waals surface area contributed by atoms with Gasteiger partial charge in [-0.25, -0.2) is 8.42 Å². The van der Waals surface area contributed by atoms with E-state index in [-0.39, 0.29) is 28.0 Å². The van der Waals surface area contributed by atoms with E-state index in [2.05, 4.69) is 21.2 Å². The van der Waals surface area contributed by atoms with Crippen LogP contribution >= 0.6 is 27.3 Å². The van der Waals surface area contributed by atoms with Crippen LogP contribution in [0.5, 0.6) is 0 Å². The van der Waals surface area contributed by atoms with Gasteiger partial charge in [-0.05, 0) is 15.9 Å². The number of fused-ring (bicyclic) bond motifs is 1. The van der Waals surface area contributed by atoms with Crippen LogP contribution in [0, 0.1) is 0 Å². The third kappa shape index (κ3) is 1.49. The fourth-order valence-corrected chi connectivity index (χ4v) is 5.24. The van der Waals surface area contributed by atoms with Crippen molar-refractivity contribution in [2.45, 2.75) is 4.90 Å². The maximum Gasteiger partial charge on any atom is 0.262 e. The number of hydrogen-bond acceptors (Lipinski definition) is 4. The van der Waals surface area contributed by atoms with Gasteiger partial charge in [0.1, 0.15) is 9.77 Å². The molecule has 1 aromatic heterocycles. The van der Waals surface area contributed by atoms with Gasteiger partial charge >= 0.3 is 0 Å². The van der Waals surface area contributed by atoms with Crippen molar-refractivity contribution in [1.82, 2.24) is 5.32 Å². The molecule has 0 radical (unpaired) electrons. The molecule has 1 N–H and O–H groups in total. The average molecular weight is 296 g/mol. The Kier molecular flexibility index (Phi) is 2.40. The summed E-state index contributed by atoms with van der Waals surface area (Å²) < 4.78 is 23.9. The van der Waals surface area contributed by atoms with Crippen molar-refractivity contribution < 1.29 is 13.2 Å². The van der Waals surface area contributed by atoms with Gasteiger partial charge in [0.2, 0.25) is 0 Å². The van der Waals surface area contributed by atoms with Crippen LogP contribution < -0.4 is 5.32 Å². The van der Waals surface area contributed by atoms with Gasteiger partial charge in [-0.3, -0.25) is 4.79 Å². The molecule has 0 bridgehead atoms. The first-order valence-corrected chi connectivity index (χ1v) is 7.13. The maximum absolute atomic E-state index is 11.7. The number of hydrogen-bond donors (Lipinski definition) is 1. The predicted octanol–water partition coefficient (Wildman–Crippen LogP) is 1.03. The summed E-state index contributed by atoms with van der Waals surface area (Å²) in [7, 11) is -3.32. The summed E-state index contributed by atoms with van der Waals surface area (Å²) >= 11 is 4.28. The second-order valence-electron chi connectivity index (χ2n) is 2.82. The van der Waals surface area contributed by atoms with E-state index in [1.807, 2.05) is 0 Å². The molecule has 2 heterocycles. The zero-order chi connectivity index (χ0) is 10.3. The highest BCUT2D eigenvalue weighted by molar-refractivity contribution is 9.10. The van der Waals surface area contributed by atoms with Gasteiger partial charge in [-0.2, -0.15) is 0 Å². The minimum atomic E-state index is -3.32. The van der Waals surface area contributed by atoms with Crippen LogP contribution in [0.1, 0.15) is 9.67 Å². The molecular formula is C7H6BrNO3S2. The molecule has 0 aromatic carbocycles. The molecule has 0 atom stereocenters. The zero-order valence-corrected chi connectivity index (χ0v) is 10.1. The van der Waals surface area contributed by atoms with Crippen LogP contribution in [0.3, 0.4) is 0 Å². The highest BCUT2D eigenvalue weighted by atomic mass is 79.9. The number of carbonyl (C=O) groups is 1. The monoisotopic (exact) mass is 295 g/mol. The summed E-state index contributed by atoms with van der Waals surface area (Å²) in [6.45, 7) is 0.176. The highest BCUT2D eigenvalue weighted by Gasteiger charge is 2.30. The number of nitrogens with one attached hydrogen (secondary N) is 1. The van der Waals surface area contributed by atoms with Crippen molar-refractivity contribution in [3.05, 3.63) is 14.7 Å². The Morgan fingerprint density at radius 2 is 2.21 bits per heavy atom. The summed E-state index contributed by atoms with van der Waals surface area (Å²) in [5, 5.41) is 4.16. The van der Waals surface area contributed by atoms with Gasteiger partial charge in [0.05, 0.1) is 5.75 Å². The lowest BCUT2D eigenvalue weighted by molar-refractivity contribution is 0.0958. The van der Waals surface area contributed by atoms with E-state index in [0.717, 1.165) is 11.3 Å². The summed E-state index contributed by atoms with van der Waals surface area (Å²) in [5.41, 5.74) is 0. The summed E-state index contributed by atoms with van der Waals surface area (Å²) in [6, 6.07) is 0. The largest absolute Gasteiger partial charge is 0.350 e. The first-order chi connectivity index (χ1) is 6.52. The third-order valence-electron chi connectivity index (χ3n) is 1.88. The normalized spacial score (nSPS) is 19.6. The Hall–Kier alpha value is -0.400. The molecule has 2 rings (SSSR count). The number of halogens is 1. The van der Waals surface area contributed by atoms with Gasteiger partial charge in [0.15, 0.2) is 9.84 Å². The van der Waals surface area contributed by atoms with Crippen LogP contribution in [0.2, 0.25) is 0 Å². The molecule has 1 aromatic rings. The molecule has 1 aliphatic heterocycles. The number of carbonyl (C=O) groups excluding carboxylic acids is 1. The average Bonchev–Trinajstić information content (AvgIpc) is 2.42. The van der Waals surface area contributed by atoms with E-state index in [1.54, 1.807) is 5.38 Å². The minimum absolute atomic E-state index is 0.0406. The molecule has 0 saturated carbocycles. The molecule has 0 fully saturated rings. The van der Waals surface area contributed by atoms with E-state index in [9.17, 15) is 13.2 Å². The number of sulfone groups is 1. The van der Waals surface area contributed by atoms with Crippen molar-refractivity contribution in [3.63, 3.8) is 0 Å². The van der Waals surface area contributed by atoms with Crippen molar-refractivity contribution >= 4 is 43.0 Å². The Morgan fingerprint density at radius 3 is 2.93 bits per heavy atom. The standard InChI is InChI=1S/C7H6BrNO3S2/c8-4-3-13-5-6(4)14(11,12)2-1-9-7(5)10/h3H,1-2H2,(H,9,10). The fraction of sp³-hybridized carbons (Fsp3) is 0.286. The Bertz CT molecular complexity index is 491. The van der Waals surface area contributed by atoms with Gasteiger partial charge in [-0.15, -0.1) is 11.3 Å². The molecule has 1 aliphatic rings. The lowest BCUT2D eigenvalue weighted by Crippen LogP contribution is -2.24. The molecule has 4 nitrogen and oxygen atoms in total. The van der Waals surface area contributed by atoms with Crippen molar-refractivity contribution in [1.29, 1.82) is 0 Å². The van der Waals surface area contributed by atoms with Crippen molar-refractivity contribution in [3.8, 4) is 0 Å². The van der Waals surface area contributed by atoms with Crippen LogP contribution in [-0.4, -0.2) is 26.6 Å². The molecule has 0 aliphatic carbocycles. The first kappa shape index (κ1) is 10.1. The van der Waals surface area contributed by atoms with Crippen molar-refractivity contribution in [2.24, 2.45) is 0 Å². The molecule has 14 heavy (non-hydrogen) atoms. The number of amides is 1. The van der Waals surface area contributed by atoms with Crippen LogP contribution in [0.4, 0.5) is 0 Å². The van der Waals surface area contributed by atoms with E-state index >= 15 is 0 Å². The van der Waals surface area contributed by atoms with Gasteiger partial charge in [-0.1, -0.05) is 0 Å². The highest BCUT2D eigenvalue weighted by Crippen LogP contribution is 2.33. The van der Waals surface area contributed by atoms with Crippen LogP contribution in [0.25, 0.3) is 0 Å².